The number of carboxylic acid groups (broad SMARTS) is 1. The smallest absolute Gasteiger partial charge is 0.404 e. The minimum absolute atomic E-state index is 0.00591. The van der Waals surface area contributed by atoms with E-state index < -0.39 is 51.7 Å². The van der Waals surface area contributed by atoms with Gasteiger partial charge in [0.1, 0.15) is 22.2 Å². The van der Waals surface area contributed by atoms with Crippen molar-refractivity contribution in [3.63, 3.8) is 0 Å². The van der Waals surface area contributed by atoms with E-state index in [1.54, 1.807) is 13.8 Å². The van der Waals surface area contributed by atoms with E-state index >= 15 is 13.2 Å². The van der Waals surface area contributed by atoms with Crippen LogP contribution in [0.2, 0.25) is 15.1 Å². The molecule has 1 heterocycles. The lowest BCUT2D eigenvalue weighted by Gasteiger charge is -2.57. The minimum atomic E-state index is -5.15. The van der Waals surface area contributed by atoms with Gasteiger partial charge in [-0.1, -0.05) is 74.5 Å². The third-order valence-electron chi connectivity index (χ3n) is 8.65. The van der Waals surface area contributed by atoms with E-state index in [-0.39, 0.29) is 43.9 Å². The predicted octanol–water partition coefficient (Wildman–Crippen LogP) is 9.88. The summed E-state index contributed by atoms with van der Waals surface area (Å²) in [6, 6.07) is 5.85. The van der Waals surface area contributed by atoms with Gasteiger partial charge in [-0.25, -0.2) is 4.39 Å². The number of carbonyl (C=O) groups is 1. The SMILES string of the molecule is CC1CCCC([C@]2(C(=O)O)[C@@](c3cc(Cl)c(Cl)c(Cl)c3)(C(F)(F)F)C=N[C@@]2(c2ccc(F)c(Br)c2)C(C)C)C1. The fourth-order valence-corrected chi connectivity index (χ4v) is 8.16. The van der Waals surface area contributed by atoms with Gasteiger partial charge < -0.3 is 5.11 Å². The van der Waals surface area contributed by atoms with Crippen LogP contribution in [0.25, 0.3) is 0 Å². The molecule has 0 aromatic heterocycles. The van der Waals surface area contributed by atoms with Crippen LogP contribution in [0, 0.1) is 29.0 Å². The lowest BCUT2D eigenvalue weighted by molar-refractivity contribution is -0.232. The van der Waals surface area contributed by atoms with Gasteiger partial charge in [0.2, 0.25) is 0 Å². The topological polar surface area (TPSA) is 49.7 Å². The van der Waals surface area contributed by atoms with Gasteiger partial charge in [-0.2, -0.15) is 13.2 Å². The number of carboxylic acids is 1. The molecule has 3 nitrogen and oxygen atoms in total. The van der Waals surface area contributed by atoms with Crippen molar-refractivity contribution in [1.29, 1.82) is 0 Å². The Balaban J connectivity index is 2.25. The zero-order chi connectivity index (χ0) is 29.1. The van der Waals surface area contributed by atoms with Crippen LogP contribution in [0.5, 0.6) is 0 Å². The molecule has 2 aromatic rings. The standard InChI is InChI=1S/C28H27BrCl3F4NO2/c1-14(2)27(17-7-8-22(33)19(29)10-17)26(24(38)39,16-6-4-5-15(3)9-16)25(13-37-27,28(34,35)36)18-11-20(30)23(32)21(31)12-18/h7-8,10-16H,4-6,9H2,1-3H3,(H,38,39)/t15?,16?,25-,26+,27-/m1/s1. The molecule has 1 N–H and O–H groups in total. The van der Waals surface area contributed by atoms with Crippen LogP contribution in [0.15, 0.2) is 39.8 Å². The number of halogens is 8. The molecular formula is C28H27BrCl3F4NO2. The highest BCUT2D eigenvalue weighted by molar-refractivity contribution is 9.10. The zero-order valence-electron chi connectivity index (χ0n) is 21.4. The van der Waals surface area contributed by atoms with Gasteiger partial charge in [-0.15, -0.1) is 0 Å². The molecule has 39 heavy (non-hydrogen) atoms. The van der Waals surface area contributed by atoms with Gasteiger partial charge in [0, 0.05) is 6.21 Å². The van der Waals surface area contributed by atoms with Crippen molar-refractivity contribution < 1.29 is 27.5 Å². The van der Waals surface area contributed by atoms with Crippen LogP contribution in [-0.4, -0.2) is 23.5 Å². The number of hydrogen-bond donors (Lipinski definition) is 1. The summed E-state index contributed by atoms with van der Waals surface area (Å²) in [6.45, 7) is 5.20. The maximum absolute atomic E-state index is 15.9. The highest BCUT2D eigenvalue weighted by Crippen LogP contribution is 2.71. The van der Waals surface area contributed by atoms with Gasteiger partial charge in [0.15, 0.2) is 0 Å². The minimum Gasteiger partial charge on any atom is -0.481 e. The second-order valence-corrected chi connectivity index (χ2v) is 13.0. The molecule has 11 heteroatoms. The van der Waals surface area contributed by atoms with Gasteiger partial charge in [-0.3, -0.25) is 9.79 Å². The van der Waals surface area contributed by atoms with Crippen LogP contribution in [0.3, 0.4) is 0 Å². The van der Waals surface area contributed by atoms with Gasteiger partial charge in [0.25, 0.3) is 0 Å². The molecule has 2 aromatic carbocycles. The summed E-state index contributed by atoms with van der Waals surface area (Å²) < 4.78 is 62.1. The maximum Gasteiger partial charge on any atom is 0.404 e. The molecule has 1 fully saturated rings. The fourth-order valence-electron chi connectivity index (χ4n) is 7.19. The normalized spacial score (nSPS) is 31.2. The van der Waals surface area contributed by atoms with Crippen molar-refractivity contribution >= 4 is 62.9 Å². The Labute approximate surface area is 248 Å². The Morgan fingerprint density at radius 2 is 1.72 bits per heavy atom. The van der Waals surface area contributed by atoms with Gasteiger partial charge >= 0.3 is 12.1 Å². The van der Waals surface area contributed by atoms with Crippen LogP contribution in [-0.2, 0) is 15.7 Å². The first-order valence-electron chi connectivity index (χ1n) is 12.5. The Morgan fingerprint density at radius 3 is 2.21 bits per heavy atom. The van der Waals surface area contributed by atoms with E-state index in [1.165, 1.54) is 12.1 Å². The quantitative estimate of drug-likeness (QED) is 0.254. The van der Waals surface area contributed by atoms with E-state index in [0.29, 0.717) is 6.42 Å². The van der Waals surface area contributed by atoms with E-state index in [1.807, 2.05) is 6.92 Å². The Hall–Kier alpha value is -1.35. The van der Waals surface area contributed by atoms with Crippen molar-refractivity contribution in [3.05, 3.63) is 66.8 Å². The second kappa shape index (κ2) is 10.5. The first-order valence-corrected chi connectivity index (χ1v) is 14.5. The Bertz CT molecular complexity index is 1310. The van der Waals surface area contributed by atoms with Crippen molar-refractivity contribution in [1.82, 2.24) is 0 Å². The van der Waals surface area contributed by atoms with Crippen LogP contribution < -0.4 is 0 Å². The monoisotopic (exact) mass is 669 g/mol. The third-order valence-corrected chi connectivity index (χ3v) is 10.5. The number of alkyl halides is 3. The maximum atomic E-state index is 15.9. The molecule has 212 valence electrons. The summed E-state index contributed by atoms with van der Waals surface area (Å²) in [7, 11) is 0. The summed E-state index contributed by atoms with van der Waals surface area (Å²) in [6.07, 6.45) is -2.62. The molecule has 0 radical (unpaired) electrons. The van der Waals surface area contributed by atoms with E-state index in [0.717, 1.165) is 30.8 Å². The summed E-state index contributed by atoms with van der Waals surface area (Å²) in [5.41, 5.74) is -7.96. The molecule has 0 amide bonds. The molecular weight excluding hydrogens is 645 g/mol. The fraction of sp³-hybridized carbons (Fsp3) is 0.500. The Kier molecular flexibility index (Phi) is 8.23. The highest BCUT2D eigenvalue weighted by Gasteiger charge is 2.82. The summed E-state index contributed by atoms with van der Waals surface area (Å²) in [5.74, 6) is -4.00. The van der Waals surface area contributed by atoms with E-state index in [2.05, 4.69) is 20.9 Å². The lowest BCUT2D eigenvalue weighted by atomic mass is 9.43. The highest BCUT2D eigenvalue weighted by atomic mass is 79.9. The molecule has 1 saturated carbocycles. The Morgan fingerprint density at radius 1 is 1.10 bits per heavy atom. The summed E-state index contributed by atoms with van der Waals surface area (Å²) >= 11 is 21.8. The summed E-state index contributed by atoms with van der Waals surface area (Å²) in [5, 5.41) is 10.7. The molecule has 0 spiro atoms. The predicted molar refractivity (Wildman–Crippen MR) is 150 cm³/mol. The van der Waals surface area contributed by atoms with E-state index in [9.17, 15) is 14.3 Å². The first kappa shape index (κ1) is 30.6. The van der Waals surface area contributed by atoms with Gasteiger partial charge in [0.05, 0.1) is 19.5 Å². The number of rotatable bonds is 5. The molecule has 0 saturated heterocycles. The van der Waals surface area contributed by atoms with Crippen molar-refractivity contribution in [2.24, 2.45) is 28.2 Å². The molecule has 0 bridgehead atoms. The molecule has 2 aliphatic rings. The molecule has 1 aliphatic heterocycles. The molecule has 4 rings (SSSR count). The van der Waals surface area contributed by atoms with Crippen LogP contribution >= 0.6 is 50.7 Å². The van der Waals surface area contributed by atoms with Crippen molar-refractivity contribution in [2.75, 3.05) is 0 Å². The van der Waals surface area contributed by atoms with Crippen LogP contribution in [0.4, 0.5) is 17.6 Å². The number of hydrogen-bond acceptors (Lipinski definition) is 2. The zero-order valence-corrected chi connectivity index (χ0v) is 25.2. The second-order valence-electron chi connectivity index (χ2n) is 10.9. The summed E-state index contributed by atoms with van der Waals surface area (Å²) in [4.78, 5) is 18.5. The van der Waals surface area contributed by atoms with Crippen molar-refractivity contribution in [2.45, 2.75) is 63.6 Å². The largest absolute Gasteiger partial charge is 0.481 e. The number of benzene rings is 2. The van der Waals surface area contributed by atoms with Crippen molar-refractivity contribution in [3.8, 4) is 0 Å². The lowest BCUT2D eigenvalue weighted by Crippen LogP contribution is -2.69. The number of nitrogens with zero attached hydrogens (tertiary/aromatic N) is 1. The van der Waals surface area contributed by atoms with Crippen LogP contribution in [0.1, 0.15) is 57.6 Å². The first-order chi connectivity index (χ1) is 18.1. The van der Waals surface area contributed by atoms with Gasteiger partial charge in [-0.05, 0) is 81.9 Å². The number of aliphatic carboxylic acids is 1. The molecule has 2 unspecified atom stereocenters. The molecule has 1 aliphatic carbocycles. The molecule has 5 atom stereocenters. The third kappa shape index (κ3) is 4.26. The van der Waals surface area contributed by atoms with E-state index in [4.69, 9.17) is 34.8 Å². The number of aliphatic imine (C=N–C) groups is 1. The average molecular weight is 672 g/mol. The average Bonchev–Trinajstić information content (AvgIpc) is 3.19.